The van der Waals surface area contributed by atoms with Crippen molar-refractivity contribution in [2.45, 2.75) is 44.9 Å². The molecule has 0 amide bonds. The molecule has 2 heterocycles. The second-order valence-electron chi connectivity index (χ2n) is 5.26. The van der Waals surface area contributed by atoms with Crippen molar-refractivity contribution in [3.8, 4) is 0 Å². The van der Waals surface area contributed by atoms with Gasteiger partial charge in [0.1, 0.15) is 11.5 Å². The number of rotatable bonds is 3. The lowest BCUT2D eigenvalue weighted by atomic mass is 10.1. The summed E-state index contributed by atoms with van der Waals surface area (Å²) in [6.45, 7) is 1.93. The molecule has 1 saturated carbocycles. The number of carboxylic acids is 1. The molecule has 0 atom stereocenters. The molecule has 1 fully saturated rings. The molecular formula is C14H17N3O2. The number of H-pyrrole nitrogens is 1. The third-order valence-corrected chi connectivity index (χ3v) is 3.87. The maximum atomic E-state index is 10.8. The van der Waals surface area contributed by atoms with E-state index in [2.05, 4.69) is 15.0 Å². The van der Waals surface area contributed by atoms with E-state index in [1.165, 1.54) is 12.8 Å². The van der Waals surface area contributed by atoms with Crippen LogP contribution < -0.4 is 0 Å². The highest BCUT2D eigenvalue weighted by Gasteiger charge is 2.22. The number of hydrogen-bond acceptors (Lipinski definition) is 3. The summed E-state index contributed by atoms with van der Waals surface area (Å²) in [6, 6.07) is 0. The van der Waals surface area contributed by atoms with Gasteiger partial charge in [-0.25, -0.2) is 9.97 Å². The van der Waals surface area contributed by atoms with E-state index in [0.717, 1.165) is 41.0 Å². The predicted octanol–water partition coefficient (Wildman–Crippen LogP) is 2.55. The summed E-state index contributed by atoms with van der Waals surface area (Å²) in [5.41, 5.74) is 2.41. The molecule has 0 unspecified atom stereocenters. The Morgan fingerprint density at radius 2 is 2.16 bits per heavy atom. The molecule has 19 heavy (non-hydrogen) atoms. The Morgan fingerprint density at radius 1 is 1.42 bits per heavy atom. The van der Waals surface area contributed by atoms with Crippen LogP contribution >= 0.6 is 0 Å². The number of aromatic amines is 1. The first-order valence-corrected chi connectivity index (χ1v) is 6.71. The van der Waals surface area contributed by atoms with Crippen LogP contribution in [0, 0.1) is 6.92 Å². The molecule has 0 saturated heterocycles. The second kappa shape index (κ2) is 4.64. The Kier molecular flexibility index (Phi) is 2.97. The molecule has 2 aromatic rings. The Hall–Kier alpha value is -1.91. The van der Waals surface area contributed by atoms with Gasteiger partial charge in [-0.3, -0.25) is 4.79 Å². The van der Waals surface area contributed by atoms with Gasteiger partial charge < -0.3 is 10.1 Å². The van der Waals surface area contributed by atoms with E-state index >= 15 is 0 Å². The van der Waals surface area contributed by atoms with Gasteiger partial charge in [-0.2, -0.15) is 0 Å². The van der Waals surface area contributed by atoms with Gasteiger partial charge in [0.05, 0.1) is 12.1 Å². The number of aromatic nitrogens is 3. The van der Waals surface area contributed by atoms with E-state index < -0.39 is 5.97 Å². The van der Waals surface area contributed by atoms with Crippen LogP contribution in [0.1, 0.15) is 48.7 Å². The first-order chi connectivity index (χ1) is 9.15. The van der Waals surface area contributed by atoms with E-state index in [1.54, 1.807) is 6.20 Å². The molecule has 0 bridgehead atoms. The fraction of sp³-hybridized carbons (Fsp3) is 0.500. The SMILES string of the molecule is Cc1nc(C2CCCC2)nc2[nH]cc(CC(=O)O)c12. The van der Waals surface area contributed by atoms with Crippen molar-refractivity contribution >= 4 is 17.0 Å². The minimum absolute atomic E-state index is 0.00692. The average Bonchev–Trinajstić information content (AvgIpc) is 2.97. The lowest BCUT2D eigenvalue weighted by Crippen LogP contribution is -2.04. The number of nitrogens with one attached hydrogen (secondary N) is 1. The topological polar surface area (TPSA) is 78.9 Å². The number of carbonyl (C=O) groups is 1. The zero-order valence-electron chi connectivity index (χ0n) is 10.9. The zero-order valence-corrected chi connectivity index (χ0v) is 10.9. The third-order valence-electron chi connectivity index (χ3n) is 3.87. The van der Waals surface area contributed by atoms with Crippen molar-refractivity contribution in [3.63, 3.8) is 0 Å². The van der Waals surface area contributed by atoms with E-state index in [0.29, 0.717) is 5.92 Å². The molecule has 2 N–H and O–H groups in total. The van der Waals surface area contributed by atoms with Gasteiger partial charge in [0, 0.05) is 17.5 Å². The van der Waals surface area contributed by atoms with E-state index in [9.17, 15) is 4.79 Å². The standard InChI is InChI=1S/C14H17N3O2/c1-8-12-10(6-11(18)19)7-15-14(12)17-13(16-8)9-4-2-3-5-9/h7,9H,2-6H2,1H3,(H,18,19)(H,15,16,17). The molecule has 5 heteroatoms. The van der Waals surface area contributed by atoms with Gasteiger partial charge in [0.25, 0.3) is 0 Å². The smallest absolute Gasteiger partial charge is 0.307 e. The number of hydrogen-bond donors (Lipinski definition) is 2. The Balaban J connectivity index is 2.04. The van der Waals surface area contributed by atoms with Crippen LogP contribution in [0.5, 0.6) is 0 Å². The molecular weight excluding hydrogens is 242 g/mol. The van der Waals surface area contributed by atoms with E-state index in [1.807, 2.05) is 6.92 Å². The summed E-state index contributed by atoms with van der Waals surface area (Å²) >= 11 is 0. The van der Waals surface area contributed by atoms with Gasteiger partial charge in [-0.1, -0.05) is 12.8 Å². The minimum atomic E-state index is -0.833. The molecule has 2 aromatic heterocycles. The molecule has 3 rings (SSSR count). The van der Waals surface area contributed by atoms with E-state index in [4.69, 9.17) is 5.11 Å². The largest absolute Gasteiger partial charge is 0.481 e. The number of aryl methyl sites for hydroxylation is 1. The lowest BCUT2D eigenvalue weighted by Gasteiger charge is -2.09. The second-order valence-corrected chi connectivity index (χ2v) is 5.26. The molecule has 1 aliphatic rings. The van der Waals surface area contributed by atoms with Crippen molar-refractivity contribution in [1.29, 1.82) is 0 Å². The van der Waals surface area contributed by atoms with E-state index in [-0.39, 0.29) is 6.42 Å². The van der Waals surface area contributed by atoms with Crippen molar-refractivity contribution in [2.75, 3.05) is 0 Å². The molecule has 0 spiro atoms. The molecule has 0 aromatic carbocycles. The highest BCUT2D eigenvalue weighted by molar-refractivity contribution is 5.86. The maximum Gasteiger partial charge on any atom is 0.307 e. The quantitative estimate of drug-likeness (QED) is 0.887. The first kappa shape index (κ1) is 12.1. The van der Waals surface area contributed by atoms with Gasteiger partial charge in [0.2, 0.25) is 0 Å². The monoisotopic (exact) mass is 259 g/mol. The van der Waals surface area contributed by atoms with Gasteiger partial charge in [-0.05, 0) is 25.3 Å². The fourth-order valence-electron chi connectivity index (χ4n) is 2.98. The zero-order chi connectivity index (χ0) is 13.4. The molecule has 0 radical (unpaired) electrons. The summed E-state index contributed by atoms with van der Waals surface area (Å²) in [6.07, 6.45) is 6.56. The third kappa shape index (κ3) is 2.20. The number of nitrogens with zero attached hydrogens (tertiary/aromatic N) is 2. The molecule has 0 aliphatic heterocycles. The van der Waals surface area contributed by atoms with Crippen LogP contribution in [0.2, 0.25) is 0 Å². The average molecular weight is 259 g/mol. The number of carboxylic acid groups (broad SMARTS) is 1. The Bertz CT molecular complexity index is 627. The van der Waals surface area contributed by atoms with Crippen molar-refractivity contribution in [3.05, 3.63) is 23.3 Å². The minimum Gasteiger partial charge on any atom is -0.481 e. The van der Waals surface area contributed by atoms with Crippen LogP contribution in [0.15, 0.2) is 6.20 Å². The molecule has 5 nitrogen and oxygen atoms in total. The normalized spacial score (nSPS) is 16.3. The number of aliphatic carboxylic acids is 1. The van der Waals surface area contributed by atoms with Gasteiger partial charge in [0.15, 0.2) is 0 Å². The summed E-state index contributed by atoms with van der Waals surface area (Å²) in [5.74, 6) is 0.542. The number of fused-ring (bicyclic) bond motifs is 1. The van der Waals surface area contributed by atoms with Crippen LogP contribution in [0.25, 0.3) is 11.0 Å². The van der Waals surface area contributed by atoms with Crippen molar-refractivity contribution in [2.24, 2.45) is 0 Å². The van der Waals surface area contributed by atoms with Crippen LogP contribution in [-0.4, -0.2) is 26.0 Å². The van der Waals surface area contributed by atoms with Gasteiger partial charge in [-0.15, -0.1) is 0 Å². The van der Waals surface area contributed by atoms with Crippen molar-refractivity contribution in [1.82, 2.24) is 15.0 Å². The van der Waals surface area contributed by atoms with Crippen molar-refractivity contribution < 1.29 is 9.90 Å². The predicted molar refractivity (Wildman–Crippen MR) is 71.2 cm³/mol. The molecule has 100 valence electrons. The molecule has 1 aliphatic carbocycles. The summed E-state index contributed by atoms with van der Waals surface area (Å²) in [5, 5.41) is 9.77. The highest BCUT2D eigenvalue weighted by atomic mass is 16.4. The highest BCUT2D eigenvalue weighted by Crippen LogP contribution is 2.33. The van der Waals surface area contributed by atoms with Crippen LogP contribution in [0.4, 0.5) is 0 Å². The fourth-order valence-corrected chi connectivity index (χ4v) is 2.98. The summed E-state index contributed by atoms with van der Waals surface area (Å²) in [4.78, 5) is 23.1. The van der Waals surface area contributed by atoms with Crippen LogP contribution in [0.3, 0.4) is 0 Å². The summed E-state index contributed by atoms with van der Waals surface area (Å²) in [7, 11) is 0. The van der Waals surface area contributed by atoms with Crippen LogP contribution in [-0.2, 0) is 11.2 Å². The Labute approximate surface area is 111 Å². The summed E-state index contributed by atoms with van der Waals surface area (Å²) < 4.78 is 0. The first-order valence-electron chi connectivity index (χ1n) is 6.71. The van der Waals surface area contributed by atoms with Gasteiger partial charge >= 0.3 is 5.97 Å². The lowest BCUT2D eigenvalue weighted by molar-refractivity contribution is -0.136. The Morgan fingerprint density at radius 3 is 2.84 bits per heavy atom. The maximum absolute atomic E-state index is 10.8.